The average molecular weight is 534 g/mol. The molecule has 3 aromatic rings. The fraction of sp³-hybridized carbons (Fsp3) is 0.419. The largest absolute Gasteiger partial charge is 0.371 e. The summed E-state index contributed by atoms with van der Waals surface area (Å²) in [4.78, 5) is 22.3. The molecule has 1 atom stereocenters. The van der Waals surface area contributed by atoms with Crippen molar-refractivity contribution >= 4 is 51.4 Å². The SMILES string of the molecule is Cc1cc(C=Nc2sc3c(c2C(=O)Nc2ccc(Cl)cc2)CC[C@H](C(C)(C)C)C3)ccc1N1CCCC1. The lowest BCUT2D eigenvalue weighted by atomic mass is 9.72. The lowest BCUT2D eigenvalue weighted by Crippen LogP contribution is -2.27. The summed E-state index contributed by atoms with van der Waals surface area (Å²) >= 11 is 7.72. The van der Waals surface area contributed by atoms with Gasteiger partial charge in [-0.05, 0) is 103 Å². The Balaban J connectivity index is 1.45. The molecule has 0 spiro atoms. The van der Waals surface area contributed by atoms with E-state index in [0.29, 0.717) is 10.9 Å². The van der Waals surface area contributed by atoms with Gasteiger partial charge in [0.15, 0.2) is 0 Å². The number of nitrogens with one attached hydrogen (secondary N) is 1. The van der Waals surface area contributed by atoms with Crippen molar-refractivity contribution in [2.45, 2.75) is 59.8 Å². The Labute approximate surface area is 229 Å². The molecule has 1 aliphatic heterocycles. The van der Waals surface area contributed by atoms with E-state index in [1.807, 2.05) is 18.3 Å². The van der Waals surface area contributed by atoms with Gasteiger partial charge in [-0.15, -0.1) is 11.3 Å². The molecule has 1 fully saturated rings. The van der Waals surface area contributed by atoms with Gasteiger partial charge in [0.05, 0.1) is 5.56 Å². The first-order chi connectivity index (χ1) is 17.7. The number of benzene rings is 2. The van der Waals surface area contributed by atoms with E-state index in [1.54, 1.807) is 23.5 Å². The van der Waals surface area contributed by atoms with Gasteiger partial charge in [0.25, 0.3) is 5.91 Å². The number of hydrogen-bond donors (Lipinski definition) is 1. The van der Waals surface area contributed by atoms with Crippen LogP contribution in [-0.4, -0.2) is 25.2 Å². The first-order valence-corrected chi connectivity index (χ1v) is 14.5. The van der Waals surface area contributed by atoms with Gasteiger partial charge < -0.3 is 10.2 Å². The summed E-state index contributed by atoms with van der Waals surface area (Å²) in [7, 11) is 0. The van der Waals surface area contributed by atoms with E-state index in [-0.39, 0.29) is 11.3 Å². The van der Waals surface area contributed by atoms with Crippen LogP contribution in [0.1, 0.15) is 72.0 Å². The molecule has 5 rings (SSSR count). The van der Waals surface area contributed by atoms with Crippen LogP contribution in [0.15, 0.2) is 47.5 Å². The molecular weight excluding hydrogens is 498 g/mol. The maximum Gasteiger partial charge on any atom is 0.259 e. The summed E-state index contributed by atoms with van der Waals surface area (Å²) in [6.07, 6.45) is 7.46. The lowest BCUT2D eigenvalue weighted by Gasteiger charge is -2.33. The summed E-state index contributed by atoms with van der Waals surface area (Å²) < 4.78 is 0. The van der Waals surface area contributed by atoms with Crippen molar-refractivity contribution in [1.29, 1.82) is 0 Å². The summed E-state index contributed by atoms with van der Waals surface area (Å²) in [6, 6.07) is 13.8. The van der Waals surface area contributed by atoms with E-state index in [2.05, 4.69) is 56.1 Å². The standard InChI is InChI=1S/C31H36ClN3OS/c1-20-17-21(7-14-26(20)35-15-5-6-16-35)19-33-30-28(29(36)34-24-11-9-23(32)10-12-24)25-13-8-22(31(2,3)4)18-27(25)37-30/h7,9-12,14,17,19,22H,5-6,8,13,15-16,18H2,1-4H3,(H,34,36)/t22-/m0/s1. The van der Waals surface area contributed by atoms with Crippen LogP contribution in [0, 0.1) is 18.3 Å². The van der Waals surface area contributed by atoms with E-state index in [1.165, 1.54) is 34.5 Å². The minimum absolute atomic E-state index is 0.0956. The number of nitrogens with zero attached hydrogens (tertiary/aromatic N) is 2. The van der Waals surface area contributed by atoms with Crippen LogP contribution >= 0.6 is 22.9 Å². The van der Waals surface area contributed by atoms with Crippen LogP contribution in [0.25, 0.3) is 0 Å². The van der Waals surface area contributed by atoms with E-state index in [9.17, 15) is 4.79 Å². The number of rotatable bonds is 5. The number of carbonyl (C=O) groups is 1. The van der Waals surface area contributed by atoms with Crippen molar-refractivity contribution in [3.05, 3.63) is 74.6 Å². The van der Waals surface area contributed by atoms with Crippen LogP contribution in [0.2, 0.25) is 5.02 Å². The number of anilines is 2. The zero-order valence-electron chi connectivity index (χ0n) is 22.2. The summed E-state index contributed by atoms with van der Waals surface area (Å²) in [5.74, 6) is 0.505. The molecule has 0 bridgehead atoms. The molecule has 194 valence electrons. The Hall–Kier alpha value is -2.63. The van der Waals surface area contributed by atoms with E-state index >= 15 is 0 Å². The molecule has 1 N–H and O–H groups in total. The number of aryl methyl sites for hydroxylation is 1. The summed E-state index contributed by atoms with van der Waals surface area (Å²) in [5, 5.41) is 4.53. The van der Waals surface area contributed by atoms with Crippen LogP contribution in [-0.2, 0) is 12.8 Å². The molecule has 1 saturated heterocycles. The molecular formula is C31H36ClN3OS. The van der Waals surface area contributed by atoms with Crippen molar-refractivity contribution in [2.24, 2.45) is 16.3 Å². The molecule has 1 aliphatic carbocycles. The quantitative estimate of drug-likeness (QED) is 0.334. The first-order valence-electron chi connectivity index (χ1n) is 13.3. The molecule has 1 amide bonds. The van der Waals surface area contributed by atoms with Gasteiger partial charge in [0, 0.05) is 40.6 Å². The maximum absolute atomic E-state index is 13.6. The van der Waals surface area contributed by atoms with Gasteiger partial charge in [0.1, 0.15) is 5.00 Å². The van der Waals surface area contributed by atoms with Gasteiger partial charge in [-0.3, -0.25) is 4.79 Å². The molecule has 6 heteroatoms. The number of amides is 1. The second-order valence-electron chi connectivity index (χ2n) is 11.4. The van der Waals surface area contributed by atoms with Crippen molar-refractivity contribution in [3.8, 4) is 0 Å². The fourth-order valence-corrected chi connectivity index (χ4v) is 6.96. The Kier molecular flexibility index (Phi) is 7.46. The minimum atomic E-state index is -0.0956. The molecule has 0 unspecified atom stereocenters. The monoisotopic (exact) mass is 533 g/mol. The molecule has 0 radical (unpaired) electrons. The zero-order valence-corrected chi connectivity index (χ0v) is 23.8. The normalized spacial score (nSPS) is 17.9. The predicted octanol–water partition coefficient (Wildman–Crippen LogP) is 8.46. The second-order valence-corrected chi connectivity index (χ2v) is 13.0. The third kappa shape index (κ3) is 5.78. The number of aliphatic imine (C=N–C) groups is 1. The van der Waals surface area contributed by atoms with E-state index in [0.717, 1.165) is 54.2 Å². The van der Waals surface area contributed by atoms with E-state index < -0.39 is 0 Å². The highest BCUT2D eigenvalue weighted by Gasteiger charge is 2.33. The number of carbonyl (C=O) groups excluding carboxylic acids is 1. The summed E-state index contributed by atoms with van der Waals surface area (Å²) in [5.41, 5.74) is 6.52. The molecule has 1 aromatic heterocycles. The van der Waals surface area contributed by atoms with Gasteiger partial charge in [0.2, 0.25) is 0 Å². The van der Waals surface area contributed by atoms with Gasteiger partial charge in [-0.25, -0.2) is 4.99 Å². The minimum Gasteiger partial charge on any atom is -0.371 e. The molecule has 4 nitrogen and oxygen atoms in total. The van der Waals surface area contributed by atoms with Crippen molar-refractivity contribution < 1.29 is 4.79 Å². The van der Waals surface area contributed by atoms with Crippen molar-refractivity contribution in [1.82, 2.24) is 0 Å². The molecule has 2 heterocycles. The highest BCUT2D eigenvalue weighted by Crippen LogP contribution is 2.45. The highest BCUT2D eigenvalue weighted by atomic mass is 35.5. The predicted molar refractivity (Wildman–Crippen MR) is 159 cm³/mol. The molecule has 0 saturated carbocycles. The molecule has 2 aliphatic rings. The third-order valence-electron chi connectivity index (χ3n) is 7.80. The molecule has 2 aromatic carbocycles. The topological polar surface area (TPSA) is 44.7 Å². The summed E-state index contributed by atoms with van der Waals surface area (Å²) in [6.45, 7) is 11.4. The lowest BCUT2D eigenvalue weighted by molar-refractivity contribution is 0.102. The van der Waals surface area contributed by atoms with Gasteiger partial charge in [-0.2, -0.15) is 0 Å². The fourth-order valence-electron chi connectivity index (χ4n) is 5.57. The van der Waals surface area contributed by atoms with Crippen LogP contribution in [0.5, 0.6) is 0 Å². The zero-order chi connectivity index (χ0) is 26.2. The van der Waals surface area contributed by atoms with Crippen LogP contribution < -0.4 is 10.2 Å². The van der Waals surface area contributed by atoms with Crippen molar-refractivity contribution in [2.75, 3.05) is 23.3 Å². The number of halogens is 1. The Bertz CT molecular complexity index is 1310. The van der Waals surface area contributed by atoms with Gasteiger partial charge >= 0.3 is 0 Å². The maximum atomic E-state index is 13.6. The average Bonchev–Trinajstić information content (AvgIpc) is 3.51. The van der Waals surface area contributed by atoms with E-state index in [4.69, 9.17) is 16.6 Å². The van der Waals surface area contributed by atoms with Crippen LogP contribution in [0.4, 0.5) is 16.4 Å². The molecule has 37 heavy (non-hydrogen) atoms. The second kappa shape index (κ2) is 10.6. The number of fused-ring (bicyclic) bond motifs is 1. The Morgan fingerprint density at radius 1 is 1.14 bits per heavy atom. The van der Waals surface area contributed by atoms with Crippen molar-refractivity contribution in [3.63, 3.8) is 0 Å². The first kappa shape index (κ1) is 26.0. The van der Waals surface area contributed by atoms with Crippen LogP contribution in [0.3, 0.4) is 0 Å². The Morgan fingerprint density at radius 3 is 2.54 bits per heavy atom. The number of thiophene rings is 1. The Morgan fingerprint density at radius 2 is 1.86 bits per heavy atom. The number of hydrogen-bond acceptors (Lipinski definition) is 4. The highest BCUT2D eigenvalue weighted by molar-refractivity contribution is 7.16. The van der Waals surface area contributed by atoms with Gasteiger partial charge in [-0.1, -0.05) is 38.4 Å². The third-order valence-corrected chi connectivity index (χ3v) is 9.21. The smallest absolute Gasteiger partial charge is 0.259 e.